The summed E-state index contributed by atoms with van der Waals surface area (Å²) in [5, 5.41) is 6.06. The Morgan fingerprint density at radius 3 is 2.62 bits per heavy atom. The number of halogens is 1. The molecule has 1 spiro atoms. The van der Waals surface area contributed by atoms with Crippen LogP contribution in [0.4, 0.5) is 4.39 Å². The van der Waals surface area contributed by atoms with Crippen LogP contribution in [0.2, 0.25) is 0 Å². The first-order chi connectivity index (χ1) is 15.5. The average molecular weight is 435 g/mol. The summed E-state index contributed by atoms with van der Waals surface area (Å²) in [7, 11) is 0. The summed E-state index contributed by atoms with van der Waals surface area (Å²) in [6.45, 7) is 0.682. The molecule has 2 saturated heterocycles. The van der Waals surface area contributed by atoms with Crippen LogP contribution in [0.3, 0.4) is 0 Å². The molecule has 2 aromatic rings. The molecule has 32 heavy (non-hydrogen) atoms. The molecule has 7 heteroatoms. The predicted octanol–water partition coefficient (Wildman–Crippen LogP) is 3.06. The van der Waals surface area contributed by atoms with Gasteiger partial charge >= 0.3 is 0 Å². The fourth-order valence-electron chi connectivity index (χ4n) is 5.55. The molecular weight excluding hydrogens is 409 g/mol. The van der Waals surface area contributed by atoms with Crippen molar-refractivity contribution in [2.45, 2.75) is 49.6 Å². The van der Waals surface area contributed by atoms with E-state index in [4.69, 9.17) is 0 Å². The van der Waals surface area contributed by atoms with Crippen molar-refractivity contribution >= 4 is 17.7 Å². The molecule has 166 valence electrons. The maximum Gasteiger partial charge on any atom is 0.252 e. The van der Waals surface area contributed by atoms with Gasteiger partial charge in [0.25, 0.3) is 5.91 Å². The molecule has 2 N–H and O–H groups in total. The molecule has 3 heterocycles. The van der Waals surface area contributed by atoms with E-state index in [0.29, 0.717) is 37.1 Å². The first-order valence-corrected chi connectivity index (χ1v) is 11.2. The van der Waals surface area contributed by atoms with Crippen LogP contribution in [-0.2, 0) is 9.59 Å². The van der Waals surface area contributed by atoms with E-state index in [0.717, 1.165) is 18.4 Å². The first-order valence-electron chi connectivity index (χ1n) is 11.2. The molecule has 3 aliphatic heterocycles. The number of amides is 3. The number of carbonyl (C=O) groups is 3. The zero-order valence-corrected chi connectivity index (χ0v) is 17.8. The Morgan fingerprint density at radius 1 is 1.06 bits per heavy atom. The highest BCUT2D eigenvalue weighted by Crippen LogP contribution is 2.42. The standard InChI is InChI=1S/C25H26FN3O3/c26-20-10-4-3-9-18(20)19-14-29(15-25(19)12-6-5-11-22(30)28-25)23(31)13-21-16-7-1-2-8-17(16)24(32)27-21/h1-4,7-10,19,21H,5-6,11-15H2,(H,27,32)(H,28,30)/t19-,21-,25+/m0/s1. The molecule has 0 aromatic heterocycles. The van der Waals surface area contributed by atoms with Gasteiger partial charge in [0.15, 0.2) is 0 Å². The van der Waals surface area contributed by atoms with E-state index < -0.39 is 5.54 Å². The SMILES string of the molecule is O=C1CCCC[C@]2(CN(C(=O)C[C@@H]3NC(=O)c4ccccc43)C[C@H]2c2ccccc2F)N1. The monoisotopic (exact) mass is 435 g/mol. The van der Waals surface area contributed by atoms with E-state index in [2.05, 4.69) is 10.6 Å². The normalized spacial score (nSPS) is 27.1. The Bertz CT molecular complexity index is 1090. The van der Waals surface area contributed by atoms with Gasteiger partial charge in [0.2, 0.25) is 11.8 Å². The number of likely N-dealkylation sites (tertiary alicyclic amines) is 1. The second-order valence-corrected chi connectivity index (χ2v) is 9.08. The average Bonchev–Trinajstić information content (AvgIpc) is 3.22. The van der Waals surface area contributed by atoms with Crippen LogP contribution in [0, 0.1) is 5.82 Å². The summed E-state index contributed by atoms with van der Waals surface area (Å²) >= 11 is 0. The van der Waals surface area contributed by atoms with Gasteiger partial charge in [-0.25, -0.2) is 4.39 Å². The molecule has 3 atom stereocenters. The predicted molar refractivity (Wildman–Crippen MR) is 116 cm³/mol. The third-order valence-electron chi connectivity index (χ3n) is 7.11. The van der Waals surface area contributed by atoms with Crippen LogP contribution < -0.4 is 10.6 Å². The lowest BCUT2D eigenvalue weighted by molar-refractivity contribution is -0.131. The van der Waals surface area contributed by atoms with Crippen LogP contribution in [0.1, 0.15) is 65.5 Å². The van der Waals surface area contributed by atoms with Crippen LogP contribution in [0.25, 0.3) is 0 Å². The van der Waals surface area contributed by atoms with Crippen LogP contribution in [0.15, 0.2) is 48.5 Å². The van der Waals surface area contributed by atoms with Gasteiger partial charge in [0.1, 0.15) is 5.82 Å². The zero-order chi connectivity index (χ0) is 22.3. The summed E-state index contributed by atoms with van der Waals surface area (Å²) in [5.41, 5.74) is 1.28. The highest BCUT2D eigenvalue weighted by Gasteiger charge is 2.50. The number of hydrogen-bond acceptors (Lipinski definition) is 3. The Hall–Kier alpha value is -3.22. The molecule has 5 rings (SSSR count). The van der Waals surface area contributed by atoms with Crippen molar-refractivity contribution in [3.63, 3.8) is 0 Å². The second kappa shape index (κ2) is 8.04. The Labute approximate surface area is 186 Å². The van der Waals surface area contributed by atoms with Crippen LogP contribution in [0.5, 0.6) is 0 Å². The van der Waals surface area contributed by atoms with Gasteiger partial charge in [-0.15, -0.1) is 0 Å². The van der Waals surface area contributed by atoms with E-state index in [1.165, 1.54) is 6.07 Å². The molecule has 0 unspecified atom stereocenters. The minimum absolute atomic E-state index is 0.0462. The van der Waals surface area contributed by atoms with Gasteiger partial charge in [-0.1, -0.05) is 42.8 Å². The molecule has 2 aromatic carbocycles. The van der Waals surface area contributed by atoms with Gasteiger partial charge in [-0.05, 0) is 36.1 Å². The number of carbonyl (C=O) groups excluding carboxylic acids is 3. The number of hydrogen-bond donors (Lipinski definition) is 2. The maximum atomic E-state index is 14.8. The Balaban J connectivity index is 1.42. The summed E-state index contributed by atoms with van der Waals surface area (Å²) in [4.78, 5) is 39.8. The lowest BCUT2D eigenvalue weighted by Crippen LogP contribution is -2.53. The van der Waals surface area contributed by atoms with Crippen molar-refractivity contribution in [3.05, 3.63) is 71.0 Å². The van der Waals surface area contributed by atoms with Crippen molar-refractivity contribution in [1.82, 2.24) is 15.5 Å². The van der Waals surface area contributed by atoms with E-state index in [1.54, 1.807) is 35.2 Å². The largest absolute Gasteiger partial charge is 0.348 e. The van der Waals surface area contributed by atoms with E-state index in [9.17, 15) is 18.8 Å². The van der Waals surface area contributed by atoms with E-state index >= 15 is 0 Å². The van der Waals surface area contributed by atoms with Crippen molar-refractivity contribution in [1.29, 1.82) is 0 Å². The topological polar surface area (TPSA) is 78.5 Å². The van der Waals surface area contributed by atoms with Crippen LogP contribution in [-0.4, -0.2) is 41.2 Å². The van der Waals surface area contributed by atoms with Crippen LogP contribution >= 0.6 is 0 Å². The summed E-state index contributed by atoms with van der Waals surface area (Å²) in [5.74, 6) is -0.961. The third-order valence-corrected chi connectivity index (χ3v) is 7.11. The lowest BCUT2D eigenvalue weighted by atomic mass is 9.78. The molecule has 3 amide bonds. The minimum atomic E-state index is -0.678. The van der Waals surface area contributed by atoms with Crippen molar-refractivity contribution < 1.29 is 18.8 Å². The number of nitrogens with zero attached hydrogens (tertiary/aromatic N) is 1. The summed E-state index contributed by atoms with van der Waals surface area (Å²) in [6.07, 6.45) is 2.92. The second-order valence-electron chi connectivity index (χ2n) is 9.08. The molecule has 0 aliphatic carbocycles. The number of fused-ring (bicyclic) bond motifs is 1. The van der Waals surface area contributed by atoms with E-state index in [-0.39, 0.29) is 41.9 Å². The fourth-order valence-corrected chi connectivity index (χ4v) is 5.55. The molecular formula is C25H26FN3O3. The lowest BCUT2D eigenvalue weighted by Gasteiger charge is -2.34. The zero-order valence-electron chi connectivity index (χ0n) is 17.8. The minimum Gasteiger partial charge on any atom is -0.348 e. The van der Waals surface area contributed by atoms with Crippen molar-refractivity contribution in [2.24, 2.45) is 0 Å². The highest BCUT2D eigenvalue weighted by molar-refractivity contribution is 5.99. The van der Waals surface area contributed by atoms with Gasteiger partial charge < -0.3 is 15.5 Å². The molecule has 3 aliphatic rings. The third kappa shape index (κ3) is 3.55. The smallest absolute Gasteiger partial charge is 0.252 e. The Kier molecular flexibility index (Phi) is 5.19. The van der Waals surface area contributed by atoms with Crippen molar-refractivity contribution in [2.75, 3.05) is 13.1 Å². The van der Waals surface area contributed by atoms with Gasteiger partial charge in [0.05, 0.1) is 18.0 Å². The fraction of sp³-hybridized carbons (Fsp3) is 0.400. The molecule has 0 bridgehead atoms. The van der Waals surface area contributed by atoms with Gasteiger partial charge in [-0.3, -0.25) is 14.4 Å². The summed E-state index contributed by atoms with van der Waals surface area (Å²) in [6, 6.07) is 13.5. The number of benzene rings is 2. The van der Waals surface area contributed by atoms with Gasteiger partial charge in [0, 0.05) is 31.0 Å². The number of rotatable bonds is 3. The van der Waals surface area contributed by atoms with E-state index in [1.807, 2.05) is 12.1 Å². The Morgan fingerprint density at radius 2 is 1.81 bits per heavy atom. The molecule has 0 radical (unpaired) electrons. The van der Waals surface area contributed by atoms with Gasteiger partial charge in [-0.2, -0.15) is 0 Å². The number of nitrogens with one attached hydrogen (secondary N) is 2. The molecule has 6 nitrogen and oxygen atoms in total. The molecule has 2 fully saturated rings. The first kappa shape index (κ1) is 20.7. The highest BCUT2D eigenvalue weighted by atomic mass is 19.1. The quantitative estimate of drug-likeness (QED) is 0.778. The molecule has 0 saturated carbocycles. The maximum absolute atomic E-state index is 14.8. The summed E-state index contributed by atoms with van der Waals surface area (Å²) < 4.78 is 14.8. The van der Waals surface area contributed by atoms with Crippen molar-refractivity contribution in [3.8, 4) is 0 Å².